The number of carboxylic acids is 2. The molecule has 114 valence electrons. The largest absolute Gasteiger partial charge is 0.483 e. The Hall–Kier alpha value is -1.61. The van der Waals surface area contributed by atoms with Gasteiger partial charge in [-0.15, -0.1) is 0 Å². The van der Waals surface area contributed by atoms with E-state index in [1.807, 2.05) is 0 Å². The highest BCUT2D eigenvalue weighted by atomic mass is 79.9. The molecule has 0 heterocycles. The van der Waals surface area contributed by atoms with Crippen LogP contribution in [0, 0.1) is 0 Å². The van der Waals surface area contributed by atoms with Crippen molar-refractivity contribution >= 4 is 49.7 Å². The number of carbonyl (C=O) groups excluding carboxylic acids is 1. The van der Waals surface area contributed by atoms with Crippen LogP contribution in [0.5, 0.6) is 5.75 Å². The van der Waals surface area contributed by atoms with E-state index in [0.29, 0.717) is 15.1 Å². The molecule has 1 aromatic rings. The summed E-state index contributed by atoms with van der Waals surface area (Å²) in [5.41, 5.74) is 0. The van der Waals surface area contributed by atoms with E-state index in [2.05, 4.69) is 31.9 Å². The molecule has 1 aromatic carbocycles. The Morgan fingerprint density at radius 3 is 2.14 bits per heavy atom. The van der Waals surface area contributed by atoms with Gasteiger partial charge in [0, 0.05) is 4.47 Å². The molecule has 0 aliphatic carbocycles. The molecule has 0 aliphatic heterocycles. The lowest BCUT2D eigenvalue weighted by atomic mass is 10.3. The van der Waals surface area contributed by atoms with E-state index in [1.54, 1.807) is 18.2 Å². The number of hydrogen-bond acceptors (Lipinski definition) is 4. The zero-order chi connectivity index (χ0) is 16.0. The molecular formula is C12H11Br2NO6. The highest BCUT2D eigenvalue weighted by molar-refractivity contribution is 9.11. The summed E-state index contributed by atoms with van der Waals surface area (Å²) in [5.74, 6) is -2.93. The maximum atomic E-state index is 11.8. The van der Waals surface area contributed by atoms with E-state index in [9.17, 15) is 14.4 Å². The van der Waals surface area contributed by atoms with Crippen LogP contribution < -0.4 is 4.74 Å². The molecule has 0 aliphatic rings. The summed E-state index contributed by atoms with van der Waals surface area (Å²) in [6.07, 6.45) is 0. The number of nitrogens with zero attached hydrogens (tertiary/aromatic N) is 1. The second kappa shape index (κ2) is 7.99. The molecule has 9 heteroatoms. The van der Waals surface area contributed by atoms with Crippen LogP contribution >= 0.6 is 31.9 Å². The van der Waals surface area contributed by atoms with Gasteiger partial charge in [-0.3, -0.25) is 14.4 Å². The Balaban J connectivity index is 2.68. The smallest absolute Gasteiger partial charge is 0.323 e. The molecule has 21 heavy (non-hydrogen) atoms. The third kappa shape index (κ3) is 6.13. The number of carbonyl (C=O) groups is 3. The number of amides is 1. The van der Waals surface area contributed by atoms with E-state index < -0.39 is 37.5 Å². The van der Waals surface area contributed by atoms with Crippen molar-refractivity contribution in [3.8, 4) is 5.75 Å². The molecule has 7 nitrogen and oxygen atoms in total. The van der Waals surface area contributed by atoms with Crippen molar-refractivity contribution in [2.45, 2.75) is 0 Å². The molecule has 0 saturated carbocycles. The zero-order valence-electron chi connectivity index (χ0n) is 10.6. The van der Waals surface area contributed by atoms with Crippen molar-refractivity contribution in [2.24, 2.45) is 0 Å². The van der Waals surface area contributed by atoms with Crippen molar-refractivity contribution in [3.63, 3.8) is 0 Å². The standard InChI is InChI=1S/C12H11Br2NO6/c13-7-1-2-9(8(14)3-7)21-6-10(16)15(4-11(17)18)5-12(19)20/h1-3H,4-6H2,(H,17,18)(H,19,20). The first-order chi connectivity index (χ1) is 9.79. The van der Waals surface area contributed by atoms with E-state index in [4.69, 9.17) is 14.9 Å². The maximum absolute atomic E-state index is 11.8. The van der Waals surface area contributed by atoms with E-state index in [-0.39, 0.29) is 0 Å². The van der Waals surface area contributed by atoms with Gasteiger partial charge in [0.2, 0.25) is 0 Å². The molecule has 0 spiro atoms. The highest BCUT2D eigenvalue weighted by Gasteiger charge is 2.20. The van der Waals surface area contributed by atoms with Crippen molar-refractivity contribution in [2.75, 3.05) is 19.7 Å². The van der Waals surface area contributed by atoms with Gasteiger partial charge in [0.1, 0.15) is 18.8 Å². The third-order valence-electron chi connectivity index (χ3n) is 2.25. The van der Waals surface area contributed by atoms with Crippen LogP contribution in [-0.4, -0.2) is 52.7 Å². The van der Waals surface area contributed by atoms with Crippen LogP contribution in [0.2, 0.25) is 0 Å². The number of carboxylic acid groups (broad SMARTS) is 2. The fourth-order valence-electron chi connectivity index (χ4n) is 1.38. The second-order valence-corrected chi connectivity index (χ2v) is 5.67. The number of ether oxygens (including phenoxy) is 1. The first-order valence-electron chi connectivity index (χ1n) is 5.59. The van der Waals surface area contributed by atoms with E-state index >= 15 is 0 Å². The number of hydrogen-bond donors (Lipinski definition) is 2. The molecule has 1 amide bonds. The summed E-state index contributed by atoms with van der Waals surface area (Å²) in [5, 5.41) is 17.3. The van der Waals surface area contributed by atoms with Crippen molar-refractivity contribution < 1.29 is 29.3 Å². The first-order valence-corrected chi connectivity index (χ1v) is 7.17. The number of rotatable bonds is 7. The maximum Gasteiger partial charge on any atom is 0.323 e. The summed E-state index contributed by atoms with van der Waals surface area (Å²) in [7, 11) is 0. The van der Waals surface area contributed by atoms with Crippen molar-refractivity contribution in [1.29, 1.82) is 0 Å². The number of halogens is 2. The molecule has 0 unspecified atom stereocenters. The second-order valence-electron chi connectivity index (χ2n) is 3.90. The van der Waals surface area contributed by atoms with Gasteiger partial charge in [-0.05, 0) is 34.1 Å². The zero-order valence-corrected chi connectivity index (χ0v) is 13.8. The summed E-state index contributed by atoms with van der Waals surface area (Å²) < 4.78 is 6.67. The van der Waals surface area contributed by atoms with E-state index in [1.165, 1.54) is 0 Å². The predicted molar refractivity (Wildman–Crippen MR) is 79.2 cm³/mol. The third-order valence-corrected chi connectivity index (χ3v) is 3.36. The monoisotopic (exact) mass is 423 g/mol. The summed E-state index contributed by atoms with van der Waals surface area (Å²) in [6.45, 7) is -1.85. The molecular weight excluding hydrogens is 414 g/mol. The lowest BCUT2D eigenvalue weighted by Crippen LogP contribution is -2.41. The van der Waals surface area contributed by atoms with Gasteiger partial charge in [0.25, 0.3) is 5.91 Å². The highest BCUT2D eigenvalue weighted by Crippen LogP contribution is 2.28. The van der Waals surface area contributed by atoms with Gasteiger partial charge in [0.05, 0.1) is 4.47 Å². The minimum atomic E-state index is -1.30. The molecule has 0 fully saturated rings. The summed E-state index contributed by atoms with van der Waals surface area (Å²) >= 11 is 6.51. The average molecular weight is 425 g/mol. The van der Waals surface area contributed by atoms with Crippen LogP contribution in [0.4, 0.5) is 0 Å². The van der Waals surface area contributed by atoms with Crippen LogP contribution in [0.3, 0.4) is 0 Å². The quantitative estimate of drug-likeness (QED) is 0.688. The Morgan fingerprint density at radius 1 is 1.10 bits per heavy atom. The molecule has 0 atom stereocenters. The lowest BCUT2D eigenvalue weighted by molar-refractivity contribution is -0.150. The van der Waals surface area contributed by atoms with Crippen molar-refractivity contribution in [1.82, 2.24) is 4.90 Å². The summed E-state index contributed by atoms with van der Waals surface area (Å²) in [4.78, 5) is 33.7. The number of benzene rings is 1. The van der Waals surface area contributed by atoms with Crippen LogP contribution in [-0.2, 0) is 14.4 Å². The van der Waals surface area contributed by atoms with Gasteiger partial charge in [-0.2, -0.15) is 0 Å². The molecule has 0 aromatic heterocycles. The number of aliphatic carboxylic acids is 2. The van der Waals surface area contributed by atoms with Gasteiger partial charge < -0.3 is 19.8 Å². The van der Waals surface area contributed by atoms with Crippen molar-refractivity contribution in [3.05, 3.63) is 27.1 Å². The van der Waals surface area contributed by atoms with Crippen LogP contribution in [0.25, 0.3) is 0 Å². The minimum Gasteiger partial charge on any atom is -0.483 e. The van der Waals surface area contributed by atoms with Gasteiger partial charge in [-0.25, -0.2) is 0 Å². The molecule has 1 rings (SSSR count). The Bertz CT molecular complexity index is 547. The molecule has 2 N–H and O–H groups in total. The Morgan fingerprint density at radius 2 is 1.67 bits per heavy atom. The van der Waals surface area contributed by atoms with E-state index in [0.717, 1.165) is 4.47 Å². The lowest BCUT2D eigenvalue weighted by Gasteiger charge is -2.18. The SMILES string of the molecule is O=C(O)CN(CC(=O)O)C(=O)COc1ccc(Br)cc1Br. The molecule has 0 bridgehead atoms. The first kappa shape index (κ1) is 17.4. The molecule has 0 radical (unpaired) electrons. The predicted octanol–water partition coefficient (Wildman–Crippen LogP) is 1.59. The topological polar surface area (TPSA) is 104 Å². The van der Waals surface area contributed by atoms with Gasteiger partial charge in [-0.1, -0.05) is 15.9 Å². The molecule has 0 saturated heterocycles. The van der Waals surface area contributed by atoms with Gasteiger partial charge >= 0.3 is 11.9 Å². The van der Waals surface area contributed by atoms with Crippen LogP contribution in [0.15, 0.2) is 27.1 Å². The minimum absolute atomic E-state index is 0.386. The fourth-order valence-corrected chi connectivity index (χ4v) is 2.54. The Labute approximate surface area is 136 Å². The normalized spacial score (nSPS) is 10.0. The Kier molecular flexibility index (Phi) is 6.63. The van der Waals surface area contributed by atoms with Crippen LogP contribution in [0.1, 0.15) is 0 Å². The van der Waals surface area contributed by atoms with Gasteiger partial charge in [0.15, 0.2) is 6.61 Å². The average Bonchev–Trinajstić information content (AvgIpc) is 2.35. The summed E-state index contributed by atoms with van der Waals surface area (Å²) in [6, 6.07) is 5.03. The fraction of sp³-hybridized carbons (Fsp3) is 0.250.